The molecule has 0 unspecified atom stereocenters. The van der Waals surface area contributed by atoms with Crippen molar-refractivity contribution in [2.24, 2.45) is 0 Å². The van der Waals surface area contributed by atoms with Crippen LogP contribution in [0.5, 0.6) is 5.75 Å². The van der Waals surface area contributed by atoms with Gasteiger partial charge in [0.2, 0.25) is 5.91 Å². The van der Waals surface area contributed by atoms with Crippen LogP contribution in [0.25, 0.3) is 6.08 Å². The number of carbonyl (C=O) groups excluding carboxylic acids is 3. The first-order valence-corrected chi connectivity index (χ1v) is 13.5. The number of aryl methyl sites for hydroxylation is 1. The first kappa shape index (κ1) is 28.2. The number of hydrogen-bond donors (Lipinski definition) is 3. The summed E-state index contributed by atoms with van der Waals surface area (Å²) in [6.07, 6.45) is 1.59. The molecule has 0 aromatic heterocycles. The Bertz CT molecular complexity index is 1500. The van der Waals surface area contributed by atoms with Gasteiger partial charge in [0.15, 0.2) is 0 Å². The lowest BCUT2D eigenvalue weighted by Crippen LogP contribution is -2.30. The molecule has 7 nitrogen and oxygen atoms in total. The second kappa shape index (κ2) is 13.8. The van der Waals surface area contributed by atoms with E-state index in [1.165, 1.54) is 11.8 Å². The Balaban J connectivity index is 1.41. The third-order valence-corrected chi connectivity index (χ3v) is 6.76. The molecule has 0 fully saturated rings. The van der Waals surface area contributed by atoms with Gasteiger partial charge < -0.3 is 20.7 Å². The fourth-order valence-electron chi connectivity index (χ4n) is 3.66. The highest BCUT2D eigenvalue weighted by atomic mass is 32.2. The molecule has 3 N–H and O–H groups in total. The maximum absolute atomic E-state index is 13.2. The van der Waals surface area contributed by atoms with Gasteiger partial charge in [0.25, 0.3) is 11.8 Å². The van der Waals surface area contributed by atoms with Crippen LogP contribution < -0.4 is 20.7 Å². The van der Waals surface area contributed by atoms with E-state index in [2.05, 4.69) is 16.0 Å². The third-order valence-electron chi connectivity index (χ3n) is 5.75. The number of thioether (sulfide) groups is 1. The van der Waals surface area contributed by atoms with Crippen molar-refractivity contribution in [3.05, 3.63) is 126 Å². The Hall–Kier alpha value is -4.82. The Morgan fingerprint density at radius 3 is 2.17 bits per heavy atom. The average molecular weight is 552 g/mol. The molecule has 4 rings (SSSR count). The van der Waals surface area contributed by atoms with Gasteiger partial charge in [0.05, 0.1) is 12.9 Å². The summed E-state index contributed by atoms with van der Waals surface area (Å²) < 4.78 is 5.28. The van der Waals surface area contributed by atoms with Crippen molar-refractivity contribution in [1.82, 2.24) is 5.32 Å². The van der Waals surface area contributed by atoms with Gasteiger partial charge in [-0.15, -0.1) is 11.8 Å². The van der Waals surface area contributed by atoms with Gasteiger partial charge in [0, 0.05) is 21.8 Å². The van der Waals surface area contributed by atoms with Crippen LogP contribution in [-0.2, 0) is 9.59 Å². The number of methoxy groups -OCH3 is 1. The zero-order valence-electron chi connectivity index (χ0n) is 22.1. The molecule has 4 aromatic carbocycles. The summed E-state index contributed by atoms with van der Waals surface area (Å²) in [6, 6.07) is 30.6. The summed E-state index contributed by atoms with van der Waals surface area (Å²) in [5.74, 6) is -0.111. The molecule has 0 atom stereocenters. The van der Waals surface area contributed by atoms with E-state index in [0.29, 0.717) is 22.6 Å². The highest BCUT2D eigenvalue weighted by Gasteiger charge is 2.15. The molecular weight excluding hydrogens is 522 g/mol. The van der Waals surface area contributed by atoms with E-state index in [-0.39, 0.29) is 17.4 Å². The lowest BCUT2D eigenvalue weighted by Gasteiger charge is -2.12. The lowest BCUT2D eigenvalue weighted by atomic mass is 10.1. The maximum Gasteiger partial charge on any atom is 0.272 e. The summed E-state index contributed by atoms with van der Waals surface area (Å²) >= 11 is 1.39. The van der Waals surface area contributed by atoms with Gasteiger partial charge in [-0.05, 0) is 79.2 Å². The molecule has 4 aromatic rings. The SMILES string of the molecule is COc1cccc(/C=C(\NC(=O)c2ccccc2)C(=O)Nc2ccc(SCC(=O)Nc3ccc(C)cc3)cc2)c1. The van der Waals surface area contributed by atoms with Crippen molar-refractivity contribution in [2.45, 2.75) is 11.8 Å². The lowest BCUT2D eigenvalue weighted by molar-refractivity contribution is -0.114. The number of hydrogen-bond acceptors (Lipinski definition) is 5. The van der Waals surface area contributed by atoms with Crippen LogP contribution in [0.2, 0.25) is 0 Å². The first-order chi connectivity index (χ1) is 19.4. The minimum Gasteiger partial charge on any atom is -0.497 e. The molecule has 0 spiro atoms. The zero-order chi connectivity index (χ0) is 28.3. The number of anilines is 2. The van der Waals surface area contributed by atoms with E-state index in [0.717, 1.165) is 16.1 Å². The van der Waals surface area contributed by atoms with Crippen molar-refractivity contribution < 1.29 is 19.1 Å². The first-order valence-electron chi connectivity index (χ1n) is 12.5. The largest absolute Gasteiger partial charge is 0.497 e. The molecule has 3 amide bonds. The van der Waals surface area contributed by atoms with Crippen molar-refractivity contribution in [3.8, 4) is 5.75 Å². The van der Waals surface area contributed by atoms with Gasteiger partial charge in [-0.2, -0.15) is 0 Å². The van der Waals surface area contributed by atoms with E-state index in [4.69, 9.17) is 4.74 Å². The highest BCUT2D eigenvalue weighted by Crippen LogP contribution is 2.22. The van der Waals surface area contributed by atoms with Crippen molar-refractivity contribution in [3.63, 3.8) is 0 Å². The minimum atomic E-state index is -0.482. The van der Waals surface area contributed by atoms with Crippen molar-refractivity contribution in [2.75, 3.05) is 23.5 Å². The number of benzene rings is 4. The van der Waals surface area contributed by atoms with Crippen molar-refractivity contribution in [1.29, 1.82) is 0 Å². The number of carbonyl (C=O) groups is 3. The molecule has 0 bridgehead atoms. The molecule has 0 aliphatic heterocycles. The second-order valence-electron chi connectivity index (χ2n) is 8.84. The van der Waals surface area contributed by atoms with Crippen LogP contribution in [-0.4, -0.2) is 30.6 Å². The molecule has 0 saturated carbocycles. The van der Waals surface area contributed by atoms with Gasteiger partial charge in [-0.3, -0.25) is 14.4 Å². The van der Waals surface area contributed by atoms with Crippen molar-refractivity contribution >= 4 is 46.9 Å². The summed E-state index contributed by atoms with van der Waals surface area (Å²) in [4.78, 5) is 39.3. The Labute approximate surface area is 237 Å². The summed E-state index contributed by atoms with van der Waals surface area (Å²) in [6.45, 7) is 1.99. The van der Waals surface area contributed by atoms with Crippen LogP contribution >= 0.6 is 11.8 Å². The number of amides is 3. The predicted molar refractivity (Wildman–Crippen MR) is 160 cm³/mol. The van der Waals surface area contributed by atoms with E-state index in [1.807, 2.05) is 55.5 Å². The molecule has 8 heteroatoms. The predicted octanol–water partition coefficient (Wildman–Crippen LogP) is 6.14. The number of ether oxygens (including phenoxy) is 1. The quantitative estimate of drug-likeness (QED) is 0.162. The summed E-state index contributed by atoms with van der Waals surface area (Å²) in [5, 5.41) is 8.44. The van der Waals surface area contributed by atoms with E-state index in [1.54, 1.807) is 67.8 Å². The molecule has 0 aliphatic rings. The van der Waals surface area contributed by atoms with Gasteiger partial charge in [-0.25, -0.2) is 0 Å². The average Bonchev–Trinajstić information content (AvgIpc) is 2.98. The normalized spacial score (nSPS) is 10.9. The standard InChI is InChI=1S/C32H29N3O4S/c1-22-11-13-25(14-12-22)33-30(36)21-40-28-17-15-26(16-18-28)34-32(38)29(20-23-7-6-10-27(19-23)39-2)35-31(37)24-8-4-3-5-9-24/h3-20H,21H2,1-2H3,(H,33,36)(H,34,38)(H,35,37)/b29-20-. The molecule has 202 valence electrons. The Morgan fingerprint density at radius 1 is 0.800 bits per heavy atom. The minimum absolute atomic E-state index is 0.0772. The molecular formula is C32H29N3O4S. The zero-order valence-corrected chi connectivity index (χ0v) is 23.0. The molecule has 0 aliphatic carbocycles. The second-order valence-corrected chi connectivity index (χ2v) is 9.88. The summed E-state index contributed by atoms with van der Waals surface area (Å²) in [5.41, 5.74) is 3.62. The van der Waals surface area contributed by atoms with Crippen LogP contribution in [0, 0.1) is 6.92 Å². The van der Waals surface area contributed by atoms with E-state index >= 15 is 0 Å². The third kappa shape index (κ3) is 8.34. The molecule has 0 radical (unpaired) electrons. The maximum atomic E-state index is 13.2. The monoisotopic (exact) mass is 551 g/mol. The van der Waals surface area contributed by atoms with E-state index in [9.17, 15) is 14.4 Å². The topological polar surface area (TPSA) is 96.5 Å². The van der Waals surface area contributed by atoms with Crippen LogP contribution in [0.1, 0.15) is 21.5 Å². The Kier molecular flexibility index (Phi) is 9.74. The fraction of sp³-hybridized carbons (Fsp3) is 0.0938. The van der Waals surface area contributed by atoms with Gasteiger partial charge in [-0.1, -0.05) is 48.0 Å². The summed E-state index contributed by atoms with van der Waals surface area (Å²) in [7, 11) is 1.56. The molecule has 0 saturated heterocycles. The molecule has 40 heavy (non-hydrogen) atoms. The fourth-order valence-corrected chi connectivity index (χ4v) is 4.35. The Morgan fingerprint density at radius 2 is 1.48 bits per heavy atom. The van der Waals surface area contributed by atoms with Gasteiger partial charge in [0.1, 0.15) is 11.4 Å². The van der Waals surface area contributed by atoms with E-state index < -0.39 is 11.8 Å². The van der Waals surface area contributed by atoms with Crippen LogP contribution in [0.3, 0.4) is 0 Å². The molecule has 0 heterocycles. The van der Waals surface area contributed by atoms with Crippen LogP contribution in [0.4, 0.5) is 11.4 Å². The number of rotatable bonds is 10. The number of nitrogens with one attached hydrogen (secondary N) is 3. The highest BCUT2D eigenvalue weighted by molar-refractivity contribution is 8.00. The van der Waals surface area contributed by atoms with Gasteiger partial charge >= 0.3 is 0 Å². The van der Waals surface area contributed by atoms with Crippen LogP contribution in [0.15, 0.2) is 114 Å². The smallest absolute Gasteiger partial charge is 0.272 e.